The summed E-state index contributed by atoms with van der Waals surface area (Å²) < 4.78 is 3.34. The minimum atomic E-state index is 0. The van der Waals surface area contributed by atoms with Gasteiger partial charge in [-0.25, -0.2) is 17.7 Å². The second-order valence-corrected chi connectivity index (χ2v) is 3.39. The molecular weight excluding hydrogens is 330 g/mol. The van der Waals surface area contributed by atoms with Gasteiger partial charge in [0.2, 0.25) is 0 Å². The molecule has 0 nitrogen and oxygen atoms in total. The molecule has 2 rings (SSSR count). The molecule has 0 saturated heterocycles. The SMILES string of the molecule is CC1=[C-]CC(C)=C1C.[C-]1=CC=CC1.[CH2]=[Zr+2].[Cl-].[Cl-]. The Morgan fingerprint density at radius 3 is 1.88 bits per heavy atom. The van der Waals surface area contributed by atoms with Crippen LogP contribution in [0.1, 0.15) is 33.6 Å². The standard InChI is InChI=1S/C8H11.C5H5.CH2.2ClH.Zr/c1-6-4-5-7(2)8(6)3;1-2-4-5-3-1;;;;/h4H2,1-3H3;1-3H,4H2;1H2;2*1H;/q2*-1;;;;+2/p-2. The molecule has 0 aromatic carbocycles. The summed E-state index contributed by atoms with van der Waals surface area (Å²) in [7, 11) is 0. The van der Waals surface area contributed by atoms with Crippen molar-refractivity contribution in [2.75, 3.05) is 0 Å². The molecule has 17 heavy (non-hydrogen) atoms. The fraction of sp³-hybridized carbons (Fsp3) is 0.357. The van der Waals surface area contributed by atoms with Crippen LogP contribution in [0, 0.1) is 12.2 Å². The second kappa shape index (κ2) is 14.4. The van der Waals surface area contributed by atoms with Crippen LogP contribution >= 0.6 is 0 Å². The second-order valence-electron chi connectivity index (χ2n) is 3.39. The molecule has 0 saturated carbocycles. The Bertz CT molecular complexity index is 297. The molecular formula is C14H18Cl2Zr-2. The molecule has 0 fully saturated rings. The molecule has 0 amide bonds. The fourth-order valence-electron chi connectivity index (χ4n) is 1.19. The zero-order chi connectivity index (χ0) is 11.7. The van der Waals surface area contributed by atoms with Crippen molar-refractivity contribution in [3.05, 3.63) is 47.1 Å². The van der Waals surface area contributed by atoms with Crippen LogP contribution in [0.2, 0.25) is 0 Å². The summed E-state index contributed by atoms with van der Waals surface area (Å²) in [6, 6.07) is 0. The number of halogens is 2. The first-order valence-electron chi connectivity index (χ1n) is 5.03. The summed E-state index contributed by atoms with van der Waals surface area (Å²) in [4.78, 5) is 0. The van der Waals surface area contributed by atoms with Gasteiger partial charge in [-0.2, -0.15) is 17.2 Å². The molecule has 94 valence electrons. The summed E-state index contributed by atoms with van der Waals surface area (Å²) in [6.45, 7) is 6.44. The maximum absolute atomic E-state index is 3.34. The van der Waals surface area contributed by atoms with Crippen LogP contribution in [0.4, 0.5) is 0 Å². The van der Waals surface area contributed by atoms with E-state index in [2.05, 4.69) is 43.2 Å². The number of hydrogen-bond donors (Lipinski definition) is 0. The minimum Gasteiger partial charge on any atom is -1.00 e. The van der Waals surface area contributed by atoms with E-state index >= 15 is 0 Å². The molecule has 2 aliphatic carbocycles. The van der Waals surface area contributed by atoms with Crippen LogP contribution in [-0.2, 0) is 24.2 Å². The number of hydrogen-bond acceptors (Lipinski definition) is 0. The van der Waals surface area contributed by atoms with E-state index in [9.17, 15) is 0 Å². The van der Waals surface area contributed by atoms with Crippen LogP contribution in [0.3, 0.4) is 0 Å². The molecule has 2 aliphatic rings. The van der Waals surface area contributed by atoms with Crippen molar-refractivity contribution in [1.29, 1.82) is 0 Å². The van der Waals surface area contributed by atoms with E-state index in [0.29, 0.717) is 0 Å². The van der Waals surface area contributed by atoms with E-state index in [0.717, 1.165) is 12.8 Å². The largest absolute Gasteiger partial charge is 1.00 e. The van der Waals surface area contributed by atoms with Crippen LogP contribution in [-0.4, -0.2) is 4.21 Å². The van der Waals surface area contributed by atoms with E-state index < -0.39 is 0 Å². The summed E-state index contributed by atoms with van der Waals surface area (Å²) in [6.07, 6.45) is 14.3. The molecule has 0 spiro atoms. The van der Waals surface area contributed by atoms with E-state index in [1.165, 1.54) is 41.0 Å². The number of rotatable bonds is 0. The van der Waals surface area contributed by atoms with Crippen LogP contribution in [0.25, 0.3) is 0 Å². The fourth-order valence-corrected chi connectivity index (χ4v) is 1.19. The van der Waals surface area contributed by atoms with Gasteiger partial charge in [0.1, 0.15) is 0 Å². The predicted octanol–water partition coefficient (Wildman–Crippen LogP) is -2.25. The van der Waals surface area contributed by atoms with Crippen molar-refractivity contribution in [2.24, 2.45) is 0 Å². The van der Waals surface area contributed by atoms with Crippen LogP contribution < -0.4 is 24.8 Å². The molecule has 0 unspecified atom stereocenters. The molecule has 0 heterocycles. The Hall–Kier alpha value is 0.293. The van der Waals surface area contributed by atoms with E-state index in [4.69, 9.17) is 0 Å². The summed E-state index contributed by atoms with van der Waals surface area (Å²) >= 11 is 1.30. The van der Waals surface area contributed by atoms with Gasteiger partial charge in [0.15, 0.2) is 0 Å². The van der Waals surface area contributed by atoms with Gasteiger partial charge in [-0.05, 0) is 0 Å². The van der Waals surface area contributed by atoms with Crippen LogP contribution in [0.5, 0.6) is 0 Å². The molecule has 0 aliphatic heterocycles. The monoisotopic (exact) mass is 346 g/mol. The molecule has 3 heteroatoms. The zero-order valence-corrected chi connectivity index (χ0v) is 14.6. The van der Waals surface area contributed by atoms with Gasteiger partial charge < -0.3 is 24.8 Å². The molecule has 0 aromatic rings. The Morgan fingerprint density at radius 1 is 1.18 bits per heavy atom. The van der Waals surface area contributed by atoms with Gasteiger partial charge in [0, 0.05) is 0 Å². The third-order valence-electron chi connectivity index (χ3n) is 2.41. The van der Waals surface area contributed by atoms with Gasteiger partial charge in [0.05, 0.1) is 0 Å². The molecule has 0 aromatic heterocycles. The minimum absolute atomic E-state index is 0. The predicted molar refractivity (Wildman–Crippen MR) is 64.1 cm³/mol. The van der Waals surface area contributed by atoms with Crippen molar-refractivity contribution in [3.63, 3.8) is 0 Å². The van der Waals surface area contributed by atoms with Crippen molar-refractivity contribution in [3.8, 4) is 0 Å². The van der Waals surface area contributed by atoms with Crippen molar-refractivity contribution < 1.29 is 49.0 Å². The van der Waals surface area contributed by atoms with Gasteiger partial charge in [-0.1, -0.05) is 13.8 Å². The van der Waals surface area contributed by atoms with E-state index in [-0.39, 0.29) is 24.8 Å². The van der Waals surface area contributed by atoms with Crippen molar-refractivity contribution in [2.45, 2.75) is 33.6 Å². The normalized spacial score (nSPS) is 14.8. The first-order valence-corrected chi connectivity index (χ1v) is 6.77. The first-order chi connectivity index (χ1) is 7.22. The average Bonchev–Trinajstić information content (AvgIpc) is 2.92. The quantitative estimate of drug-likeness (QED) is 0.434. The van der Waals surface area contributed by atoms with Gasteiger partial charge >= 0.3 is 28.4 Å². The Balaban J connectivity index is -0.000000192. The average molecular weight is 348 g/mol. The molecule has 0 atom stereocenters. The van der Waals surface area contributed by atoms with Gasteiger partial charge in [0.25, 0.3) is 0 Å². The van der Waals surface area contributed by atoms with E-state index in [1.54, 1.807) is 0 Å². The molecule has 0 N–H and O–H groups in total. The Kier molecular flexibility index (Phi) is 19.0. The summed E-state index contributed by atoms with van der Waals surface area (Å²) in [5.41, 5.74) is 4.25. The Morgan fingerprint density at radius 2 is 1.76 bits per heavy atom. The van der Waals surface area contributed by atoms with Crippen molar-refractivity contribution in [1.82, 2.24) is 0 Å². The third-order valence-corrected chi connectivity index (χ3v) is 2.41. The zero-order valence-electron chi connectivity index (χ0n) is 10.6. The van der Waals surface area contributed by atoms with Gasteiger partial charge in [-0.3, -0.25) is 12.2 Å². The third kappa shape index (κ3) is 9.95. The topological polar surface area (TPSA) is 0 Å². The number of allylic oxidation sites excluding steroid dienone is 8. The molecule has 0 bridgehead atoms. The van der Waals surface area contributed by atoms with E-state index in [1.807, 2.05) is 12.2 Å². The Labute approximate surface area is 133 Å². The van der Waals surface area contributed by atoms with Crippen molar-refractivity contribution >= 4 is 4.21 Å². The summed E-state index contributed by atoms with van der Waals surface area (Å²) in [5.74, 6) is 0. The van der Waals surface area contributed by atoms with Gasteiger partial charge in [-0.15, -0.1) is 19.8 Å². The van der Waals surface area contributed by atoms with Crippen LogP contribution in [0.15, 0.2) is 34.9 Å². The first kappa shape index (κ1) is 22.5. The summed E-state index contributed by atoms with van der Waals surface area (Å²) in [5, 5.41) is 0. The maximum Gasteiger partial charge on any atom is -1.00 e. The maximum atomic E-state index is 3.34. The molecule has 0 radical (unpaired) electrons. The smallest absolute Gasteiger partial charge is 1.00 e.